The molecule has 0 N–H and O–H groups in total. The Morgan fingerprint density at radius 2 is 1.04 bits per heavy atom. The van der Waals surface area contributed by atoms with E-state index >= 15 is 0 Å². The fourth-order valence-corrected chi connectivity index (χ4v) is 9.66. The minimum absolute atomic E-state index is 0.295. The fourth-order valence-electron chi connectivity index (χ4n) is 7.04. The lowest BCUT2D eigenvalue weighted by Gasteiger charge is -2.38. The first kappa shape index (κ1) is 39.0. The van der Waals surface area contributed by atoms with E-state index in [-0.39, 0.29) is 0 Å². The highest BCUT2D eigenvalue weighted by atomic mass is 32.2. The van der Waals surface area contributed by atoms with Crippen LogP contribution in [0.4, 0.5) is 0 Å². The number of rotatable bonds is 13. The quantitative estimate of drug-likeness (QED) is 0.248. The standard InChI is InChI=1S/C38H62N4O4S2/c1-31(2)41-21-9-7-19-39(20-8-10-22-41)29-36-14-12-16-38(28-36)48(45,46)34(6)18-17-33(5)42-25-23-40(24-26-42)30-35-13-11-15-37(27-35)47(43,44)32(3)4/h11-16,27-28,31-34H,7-10,17-26,29-30H2,1-6H3/t33?,34-/m0/s1. The van der Waals surface area contributed by atoms with Crippen LogP contribution in [-0.4, -0.2) is 111 Å². The van der Waals surface area contributed by atoms with Gasteiger partial charge in [-0.15, -0.1) is 0 Å². The summed E-state index contributed by atoms with van der Waals surface area (Å²) in [6.45, 7) is 21.7. The average Bonchev–Trinajstić information content (AvgIpc) is 3.06. The first-order chi connectivity index (χ1) is 22.8. The van der Waals surface area contributed by atoms with Crippen LogP contribution < -0.4 is 0 Å². The molecular weight excluding hydrogens is 641 g/mol. The molecular formula is C38H62N4O4S2. The first-order valence-electron chi connectivity index (χ1n) is 18.4. The van der Waals surface area contributed by atoms with Gasteiger partial charge in [-0.3, -0.25) is 14.7 Å². The van der Waals surface area contributed by atoms with Crippen molar-refractivity contribution < 1.29 is 16.8 Å². The molecule has 2 heterocycles. The largest absolute Gasteiger partial charge is 0.301 e. The topological polar surface area (TPSA) is 81.2 Å². The lowest BCUT2D eigenvalue weighted by Crippen LogP contribution is -2.49. The van der Waals surface area contributed by atoms with Crippen molar-refractivity contribution in [2.75, 3.05) is 52.4 Å². The van der Waals surface area contributed by atoms with Crippen LogP contribution in [0.3, 0.4) is 0 Å². The monoisotopic (exact) mass is 702 g/mol. The minimum Gasteiger partial charge on any atom is -0.301 e. The summed E-state index contributed by atoms with van der Waals surface area (Å²) in [4.78, 5) is 10.8. The lowest BCUT2D eigenvalue weighted by atomic mass is 10.1. The highest BCUT2D eigenvalue weighted by Gasteiger charge is 2.27. The summed E-state index contributed by atoms with van der Waals surface area (Å²) >= 11 is 0. The first-order valence-corrected chi connectivity index (χ1v) is 21.4. The number of nitrogens with zero attached hydrogens (tertiary/aromatic N) is 4. The van der Waals surface area contributed by atoms with Crippen LogP contribution in [0.25, 0.3) is 0 Å². The Balaban J connectivity index is 1.25. The number of hydrogen-bond donors (Lipinski definition) is 0. The third-order valence-corrected chi connectivity index (χ3v) is 14.9. The molecule has 0 amide bonds. The van der Waals surface area contributed by atoms with Gasteiger partial charge in [0, 0.05) is 51.4 Å². The molecule has 0 saturated carbocycles. The van der Waals surface area contributed by atoms with Gasteiger partial charge in [0.1, 0.15) is 0 Å². The van der Waals surface area contributed by atoms with Gasteiger partial charge >= 0.3 is 0 Å². The van der Waals surface area contributed by atoms with Gasteiger partial charge in [0.2, 0.25) is 0 Å². The number of piperazine rings is 1. The molecule has 2 aliphatic heterocycles. The van der Waals surface area contributed by atoms with Crippen molar-refractivity contribution in [3.05, 3.63) is 59.7 Å². The Morgan fingerprint density at radius 1 is 0.562 bits per heavy atom. The molecule has 4 rings (SSSR count). The second-order valence-electron chi connectivity index (χ2n) is 14.8. The van der Waals surface area contributed by atoms with E-state index in [9.17, 15) is 16.8 Å². The molecule has 2 aliphatic rings. The zero-order chi connectivity index (χ0) is 34.9. The normalized spacial score (nSPS) is 20.2. The Kier molecular flexibility index (Phi) is 14.5. The van der Waals surface area contributed by atoms with Gasteiger partial charge in [0.05, 0.1) is 20.3 Å². The lowest BCUT2D eigenvalue weighted by molar-refractivity contribution is 0.0937. The van der Waals surface area contributed by atoms with Gasteiger partial charge in [-0.05, 0) is 142 Å². The predicted molar refractivity (Wildman–Crippen MR) is 198 cm³/mol. The van der Waals surface area contributed by atoms with Crippen molar-refractivity contribution >= 4 is 19.7 Å². The molecule has 10 heteroatoms. The van der Waals surface area contributed by atoms with Crippen molar-refractivity contribution in [3.63, 3.8) is 0 Å². The third-order valence-electron chi connectivity index (χ3n) is 10.5. The molecule has 270 valence electrons. The van der Waals surface area contributed by atoms with E-state index in [0.29, 0.717) is 28.3 Å². The molecule has 2 atom stereocenters. The van der Waals surface area contributed by atoms with E-state index in [1.54, 1.807) is 26.0 Å². The second-order valence-corrected chi connectivity index (χ2v) is 19.7. The van der Waals surface area contributed by atoms with E-state index < -0.39 is 30.2 Å². The summed E-state index contributed by atoms with van der Waals surface area (Å²) in [6, 6.07) is 15.9. The molecule has 8 nitrogen and oxygen atoms in total. The molecule has 1 unspecified atom stereocenters. The second kappa shape index (κ2) is 17.9. The number of sulfone groups is 2. The Hall–Kier alpha value is -1.82. The van der Waals surface area contributed by atoms with Gasteiger partial charge in [-0.1, -0.05) is 24.3 Å². The molecule has 0 bridgehead atoms. The third kappa shape index (κ3) is 10.8. The van der Waals surface area contributed by atoms with E-state index in [4.69, 9.17) is 0 Å². The van der Waals surface area contributed by atoms with Crippen LogP contribution in [0, 0.1) is 0 Å². The van der Waals surface area contributed by atoms with Crippen LogP contribution in [0.5, 0.6) is 0 Å². The van der Waals surface area contributed by atoms with Gasteiger partial charge in [-0.25, -0.2) is 16.8 Å². The highest BCUT2D eigenvalue weighted by Crippen LogP contribution is 2.24. The Labute approximate surface area is 292 Å². The van der Waals surface area contributed by atoms with Crippen LogP contribution in [-0.2, 0) is 32.8 Å². The van der Waals surface area contributed by atoms with E-state index in [2.05, 4.69) is 46.4 Å². The molecule has 0 aliphatic carbocycles. The smallest absolute Gasteiger partial charge is 0.180 e. The summed E-state index contributed by atoms with van der Waals surface area (Å²) in [5.41, 5.74) is 2.11. The maximum atomic E-state index is 13.7. The maximum absolute atomic E-state index is 13.7. The van der Waals surface area contributed by atoms with Crippen molar-refractivity contribution in [3.8, 4) is 0 Å². The van der Waals surface area contributed by atoms with Crippen molar-refractivity contribution in [1.82, 2.24) is 19.6 Å². The summed E-state index contributed by atoms with van der Waals surface area (Å²) in [7, 11) is -6.71. The maximum Gasteiger partial charge on any atom is 0.180 e. The number of hydrogen-bond acceptors (Lipinski definition) is 8. The van der Waals surface area contributed by atoms with Gasteiger partial charge < -0.3 is 4.90 Å². The van der Waals surface area contributed by atoms with Crippen LogP contribution in [0.2, 0.25) is 0 Å². The van der Waals surface area contributed by atoms with Crippen LogP contribution in [0.15, 0.2) is 58.3 Å². The summed E-state index contributed by atoms with van der Waals surface area (Å²) in [5.74, 6) is 0. The zero-order valence-corrected chi connectivity index (χ0v) is 32.1. The Morgan fingerprint density at radius 3 is 1.54 bits per heavy atom. The predicted octanol–water partition coefficient (Wildman–Crippen LogP) is 6.10. The molecule has 2 saturated heterocycles. The minimum atomic E-state index is -3.42. The zero-order valence-electron chi connectivity index (χ0n) is 30.5. The van der Waals surface area contributed by atoms with Crippen molar-refractivity contribution in [2.24, 2.45) is 0 Å². The molecule has 2 fully saturated rings. The van der Waals surface area contributed by atoms with E-state index in [1.807, 2.05) is 37.3 Å². The van der Waals surface area contributed by atoms with Crippen LogP contribution in [0.1, 0.15) is 91.2 Å². The van der Waals surface area contributed by atoms with E-state index in [1.165, 1.54) is 25.7 Å². The van der Waals surface area contributed by atoms with Crippen molar-refractivity contribution in [1.29, 1.82) is 0 Å². The molecule has 0 radical (unpaired) electrons. The van der Waals surface area contributed by atoms with E-state index in [0.717, 1.165) is 83.0 Å². The van der Waals surface area contributed by atoms with Crippen molar-refractivity contribution in [2.45, 2.75) is 126 Å². The fraction of sp³-hybridized carbons (Fsp3) is 0.684. The summed E-state index contributed by atoms with van der Waals surface area (Å²) < 4.78 is 52.7. The van der Waals surface area contributed by atoms with Gasteiger partial charge in [0.25, 0.3) is 0 Å². The number of benzene rings is 2. The molecule has 2 aromatic carbocycles. The summed E-state index contributed by atoms with van der Waals surface area (Å²) in [5, 5.41) is -0.880. The average molecular weight is 703 g/mol. The van der Waals surface area contributed by atoms with Crippen LogP contribution >= 0.6 is 0 Å². The summed E-state index contributed by atoms with van der Waals surface area (Å²) in [6.07, 6.45) is 6.21. The van der Waals surface area contributed by atoms with Gasteiger partial charge in [-0.2, -0.15) is 0 Å². The SMILES string of the molecule is CC(C)N1CCCCN(Cc2cccc(S(=O)(=O)[C@@H](C)CCC(C)N3CCN(Cc4cccc(S(=O)(=O)C(C)C)c4)CC3)c2)CCCC1. The molecule has 0 aromatic heterocycles. The Bertz CT molecular complexity index is 1490. The molecule has 48 heavy (non-hydrogen) atoms. The van der Waals surface area contributed by atoms with Gasteiger partial charge in [0.15, 0.2) is 19.7 Å². The molecule has 2 aromatic rings. The molecule has 0 spiro atoms. The highest BCUT2D eigenvalue weighted by molar-refractivity contribution is 7.92.